The monoisotopic (exact) mass is 420 g/mol. The molecule has 6 heterocycles. The molecule has 5 aromatic heterocycles. The zero-order chi connectivity index (χ0) is 21.7. The minimum Gasteiger partial charge on any atom is -0.335 e. The van der Waals surface area contributed by atoms with Gasteiger partial charge in [0.15, 0.2) is 11.5 Å². The number of hydrogen-bond acceptors (Lipinski definition) is 6. The zero-order valence-electron chi connectivity index (χ0n) is 17.7. The second kappa shape index (κ2) is 7.12. The van der Waals surface area contributed by atoms with Gasteiger partial charge in [-0.25, -0.2) is 9.97 Å². The highest BCUT2D eigenvalue weighted by Crippen LogP contribution is 2.32. The standard InChI is InChI=1S/C24H20N8/c1-14-4-3-7-32(13-14)20-12-26-11-19-22(20)29-24(28-19)21-17-8-16(9-27-23(17)31-30-21)18-10-25-6-5-15(18)2/h3,5-13H,4H2,1-2H3,(H,28,29)(H,27,30,31). The summed E-state index contributed by atoms with van der Waals surface area (Å²) in [4.78, 5) is 23.6. The Balaban J connectivity index is 1.49. The number of rotatable bonds is 3. The molecular formula is C24H20N8. The molecule has 0 unspecified atom stereocenters. The van der Waals surface area contributed by atoms with E-state index in [0.717, 1.165) is 50.9 Å². The van der Waals surface area contributed by atoms with Crippen LogP contribution < -0.4 is 4.90 Å². The molecule has 0 radical (unpaired) electrons. The first kappa shape index (κ1) is 18.4. The third-order valence-electron chi connectivity index (χ3n) is 5.71. The number of anilines is 1. The van der Waals surface area contributed by atoms with E-state index >= 15 is 0 Å². The van der Waals surface area contributed by atoms with Crippen molar-refractivity contribution in [2.45, 2.75) is 20.3 Å². The van der Waals surface area contributed by atoms with Gasteiger partial charge >= 0.3 is 0 Å². The average molecular weight is 420 g/mol. The molecule has 6 rings (SSSR count). The quantitative estimate of drug-likeness (QED) is 0.431. The fourth-order valence-corrected chi connectivity index (χ4v) is 4.06. The van der Waals surface area contributed by atoms with Crippen molar-refractivity contribution in [3.63, 3.8) is 0 Å². The van der Waals surface area contributed by atoms with Crippen molar-refractivity contribution in [1.29, 1.82) is 0 Å². The van der Waals surface area contributed by atoms with Gasteiger partial charge in [0.05, 0.1) is 29.0 Å². The molecule has 1 aliphatic heterocycles. The van der Waals surface area contributed by atoms with Crippen molar-refractivity contribution in [1.82, 2.24) is 35.1 Å². The second-order valence-electron chi connectivity index (χ2n) is 8.00. The maximum Gasteiger partial charge on any atom is 0.181 e. The molecule has 8 nitrogen and oxygen atoms in total. The van der Waals surface area contributed by atoms with Crippen LogP contribution in [0, 0.1) is 6.92 Å². The number of allylic oxidation sites excluding steroid dienone is 2. The summed E-state index contributed by atoms with van der Waals surface area (Å²) in [6, 6.07) is 4.08. The number of aryl methyl sites for hydroxylation is 1. The first-order valence-corrected chi connectivity index (χ1v) is 10.4. The van der Waals surface area contributed by atoms with Crippen LogP contribution in [0.15, 0.2) is 67.2 Å². The average Bonchev–Trinajstić information content (AvgIpc) is 3.42. The normalized spacial score (nSPS) is 13.8. The molecule has 0 bridgehead atoms. The minimum atomic E-state index is 0.640. The van der Waals surface area contributed by atoms with Crippen LogP contribution in [0.4, 0.5) is 5.69 Å². The number of fused-ring (bicyclic) bond motifs is 2. The predicted octanol–water partition coefficient (Wildman–Crippen LogP) is 4.89. The van der Waals surface area contributed by atoms with E-state index in [-0.39, 0.29) is 0 Å². The molecule has 0 aromatic carbocycles. The van der Waals surface area contributed by atoms with E-state index in [1.807, 2.05) is 24.7 Å². The highest BCUT2D eigenvalue weighted by atomic mass is 15.2. The smallest absolute Gasteiger partial charge is 0.181 e. The first-order chi connectivity index (χ1) is 15.7. The van der Waals surface area contributed by atoms with Gasteiger partial charge in [0.25, 0.3) is 0 Å². The third kappa shape index (κ3) is 2.96. The summed E-state index contributed by atoms with van der Waals surface area (Å²) in [7, 11) is 0. The molecule has 1 aliphatic rings. The van der Waals surface area contributed by atoms with Crippen LogP contribution in [0.5, 0.6) is 0 Å². The maximum absolute atomic E-state index is 4.91. The van der Waals surface area contributed by atoms with Gasteiger partial charge in [0.2, 0.25) is 0 Å². The van der Waals surface area contributed by atoms with Crippen molar-refractivity contribution < 1.29 is 0 Å². The zero-order valence-corrected chi connectivity index (χ0v) is 17.7. The summed E-state index contributed by atoms with van der Waals surface area (Å²) in [6.07, 6.45) is 16.4. The summed E-state index contributed by atoms with van der Waals surface area (Å²) in [6.45, 7) is 4.18. The largest absolute Gasteiger partial charge is 0.335 e. The SMILES string of the molecule is CC1=CN(c2cncc3[nH]c(-c4[nH]nc5ncc(-c6cnccc6C)cc45)nc23)C=CC1. The van der Waals surface area contributed by atoms with Crippen LogP contribution in [0.25, 0.3) is 44.7 Å². The van der Waals surface area contributed by atoms with Gasteiger partial charge in [-0.2, -0.15) is 5.10 Å². The first-order valence-electron chi connectivity index (χ1n) is 10.4. The van der Waals surface area contributed by atoms with Crippen LogP contribution >= 0.6 is 0 Å². The van der Waals surface area contributed by atoms with Crippen molar-refractivity contribution in [2.75, 3.05) is 4.90 Å². The summed E-state index contributed by atoms with van der Waals surface area (Å²) in [5, 5.41) is 8.39. The Labute approximate surface area is 183 Å². The van der Waals surface area contributed by atoms with Gasteiger partial charge in [-0.15, -0.1) is 0 Å². The second-order valence-corrected chi connectivity index (χ2v) is 8.00. The molecule has 0 spiro atoms. The van der Waals surface area contributed by atoms with E-state index in [1.54, 1.807) is 12.4 Å². The van der Waals surface area contributed by atoms with E-state index in [9.17, 15) is 0 Å². The lowest BCUT2D eigenvalue weighted by Crippen LogP contribution is -2.11. The van der Waals surface area contributed by atoms with Crippen LogP contribution in [0.3, 0.4) is 0 Å². The Kier molecular flexibility index (Phi) is 4.10. The molecule has 5 aromatic rings. The van der Waals surface area contributed by atoms with Crippen molar-refractivity contribution in [3.05, 3.63) is 72.7 Å². The molecule has 32 heavy (non-hydrogen) atoms. The highest BCUT2D eigenvalue weighted by molar-refractivity contribution is 5.96. The summed E-state index contributed by atoms with van der Waals surface area (Å²) in [5.41, 5.74) is 8.52. The van der Waals surface area contributed by atoms with Crippen molar-refractivity contribution in [3.8, 4) is 22.6 Å². The van der Waals surface area contributed by atoms with Crippen molar-refractivity contribution >= 4 is 27.8 Å². The number of hydrogen-bond donors (Lipinski definition) is 2. The Hall–Kier alpha value is -4.33. The number of pyridine rings is 3. The lowest BCUT2D eigenvalue weighted by Gasteiger charge is -2.20. The molecule has 2 N–H and O–H groups in total. The Morgan fingerprint density at radius 1 is 1.06 bits per heavy atom. The number of nitrogens with one attached hydrogen (secondary N) is 2. The highest BCUT2D eigenvalue weighted by Gasteiger charge is 2.18. The molecule has 0 fully saturated rings. The van der Waals surface area contributed by atoms with Gasteiger partial charge in [0.1, 0.15) is 11.2 Å². The van der Waals surface area contributed by atoms with Crippen molar-refractivity contribution in [2.24, 2.45) is 0 Å². The summed E-state index contributed by atoms with van der Waals surface area (Å²) >= 11 is 0. The molecule has 0 aliphatic carbocycles. The van der Waals surface area contributed by atoms with Crippen LogP contribution in [-0.4, -0.2) is 35.1 Å². The Morgan fingerprint density at radius 3 is 2.88 bits per heavy atom. The van der Waals surface area contributed by atoms with Gasteiger partial charge in [-0.1, -0.05) is 11.6 Å². The van der Waals surface area contributed by atoms with E-state index in [4.69, 9.17) is 4.98 Å². The summed E-state index contributed by atoms with van der Waals surface area (Å²) < 4.78 is 0. The Morgan fingerprint density at radius 2 is 2.00 bits per heavy atom. The Bertz CT molecular complexity index is 1540. The van der Waals surface area contributed by atoms with E-state index in [2.05, 4.69) is 73.4 Å². The minimum absolute atomic E-state index is 0.640. The molecule has 8 heteroatoms. The fourth-order valence-electron chi connectivity index (χ4n) is 4.06. The number of nitrogens with zero attached hydrogens (tertiary/aromatic N) is 6. The summed E-state index contributed by atoms with van der Waals surface area (Å²) in [5.74, 6) is 0.695. The van der Waals surface area contributed by atoms with Crippen LogP contribution in [0.2, 0.25) is 0 Å². The molecule has 0 saturated heterocycles. The van der Waals surface area contributed by atoms with Crippen LogP contribution in [0.1, 0.15) is 18.9 Å². The lowest BCUT2D eigenvalue weighted by atomic mass is 10.0. The molecular weight excluding hydrogens is 400 g/mol. The fraction of sp³-hybridized carbons (Fsp3) is 0.125. The van der Waals surface area contributed by atoms with Crippen LogP contribution in [-0.2, 0) is 0 Å². The number of imidazole rings is 1. The lowest BCUT2D eigenvalue weighted by molar-refractivity contribution is 1.09. The molecule has 0 amide bonds. The van der Waals surface area contributed by atoms with E-state index < -0.39 is 0 Å². The topological polar surface area (TPSA) is 99.3 Å². The molecule has 0 saturated carbocycles. The van der Waals surface area contributed by atoms with Gasteiger partial charge < -0.3 is 9.88 Å². The van der Waals surface area contributed by atoms with Gasteiger partial charge in [-0.05, 0) is 38.0 Å². The predicted molar refractivity (Wildman–Crippen MR) is 125 cm³/mol. The number of aromatic nitrogens is 7. The van der Waals surface area contributed by atoms with E-state index in [0.29, 0.717) is 11.5 Å². The molecule has 156 valence electrons. The van der Waals surface area contributed by atoms with Gasteiger partial charge in [0, 0.05) is 42.1 Å². The number of H-pyrrole nitrogens is 2. The molecule has 0 atom stereocenters. The third-order valence-corrected chi connectivity index (χ3v) is 5.71. The van der Waals surface area contributed by atoms with E-state index in [1.165, 1.54) is 5.57 Å². The number of aromatic amines is 2. The maximum atomic E-state index is 4.91. The van der Waals surface area contributed by atoms with Gasteiger partial charge in [-0.3, -0.25) is 15.1 Å².